The van der Waals surface area contributed by atoms with E-state index < -0.39 is 5.60 Å². The first kappa shape index (κ1) is 21.2. The molecule has 4 nitrogen and oxygen atoms in total. The highest BCUT2D eigenvalue weighted by Gasteiger charge is 2.42. The van der Waals surface area contributed by atoms with E-state index in [1.54, 1.807) is 26.0 Å². The van der Waals surface area contributed by atoms with Crippen molar-refractivity contribution in [3.8, 4) is 5.75 Å². The number of ketones is 1. The molecular formula is C28H22ClNO3. The van der Waals surface area contributed by atoms with Crippen molar-refractivity contribution < 1.29 is 14.3 Å². The van der Waals surface area contributed by atoms with Crippen LogP contribution in [0.2, 0.25) is 5.02 Å². The van der Waals surface area contributed by atoms with Crippen LogP contribution in [-0.4, -0.2) is 16.4 Å². The van der Waals surface area contributed by atoms with Gasteiger partial charge in [0.2, 0.25) is 5.78 Å². The number of rotatable bonds is 5. The number of para-hydroxylation sites is 1. The first-order chi connectivity index (χ1) is 15.9. The number of halogens is 1. The number of carbonyl (C=O) groups is 1. The lowest BCUT2D eigenvalue weighted by Gasteiger charge is -2.17. The summed E-state index contributed by atoms with van der Waals surface area (Å²) >= 11 is 6.03. The molecule has 5 rings (SSSR count). The number of benzene rings is 3. The van der Waals surface area contributed by atoms with Gasteiger partial charge in [-0.25, -0.2) is 4.98 Å². The zero-order chi connectivity index (χ0) is 23.0. The third kappa shape index (κ3) is 4.22. The molecule has 1 aliphatic rings. The molecule has 0 atom stereocenters. The van der Waals surface area contributed by atoms with Gasteiger partial charge in [-0.15, -0.1) is 0 Å². The highest BCUT2D eigenvalue weighted by Crippen LogP contribution is 2.41. The molecule has 0 spiro atoms. The van der Waals surface area contributed by atoms with Crippen molar-refractivity contribution in [3.05, 3.63) is 107 Å². The Labute approximate surface area is 197 Å². The number of nitrogens with zero attached hydrogens (tertiary/aromatic N) is 1. The number of aromatic nitrogens is 1. The van der Waals surface area contributed by atoms with Crippen LogP contribution in [0, 0.1) is 0 Å². The number of ether oxygens (including phenoxy) is 2. The van der Waals surface area contributed by atoms with E-state index in [0.717, 1.165) is 27.7 Å². The summed E-state index contributed by atoms with van der Waals surface area (Å²) in [5, 5.41) is 1.73. The molecule has 4 aromatic rings. The SMILES string of the molecule is CC1(C)OC(c2ccc(Cl)cc2)=C(c2ccc(OCc3ccc4ccccc4n3)cc2)C1=O. The van der Waals surface area contributed by atoms with Crippen LogP contribution in [0.5, 0.6) is 5.75 Å². The Morgan fingerprint density at radius 3 is 2.33 bits per heavy atom. The van der Waals surface area contributed by atoms with Crippen LogP contribution in [0.3, 0.4) is 0 Å². The van der Waals surface area contributed by atoms with E-state index in [0.29, 0.717) is 28.7 Å². The second-order valence-electron chi connectivity index (χ2n) is 8.46. The Hall–Kier alpha value is -3.63. The van der Waals surface area contributed by atoms with Gasteiger partial charge < -0.3 is 9.47 Å². The fourth-order valence-corrected chi connectivity index (χ4v) is 4.01. The maximum absolute atomic E-state index is 13.1. The average molecular weight is 456 g/mol. The fraction of sp³-hybridized carbons (Fsp3) is 0.143. The largest absolute Gasteiger partial charge is 0.487 e. The Bertz CT molecular complexity index is 1370. The highest BCUT2D eigenvalue weighted by molar-refractivity contribution is 6.33. The smallest absolute Gasteiger partial charge is 0.210 e. The van der Waals surface area contributed by atoms with Gasteiger partial charge in [0, 0.05) is 16.0 Å². The van der Waals surface area contributed by atoms with Crippen molar-refractivity contribution in [2.24, 2.45) is 0 Å². The molecule has 0 unspecified atom stereocenters. The second kappa shape index (κ2) is 8.38. The van der Waals surface area contributed by atoms with Crippen molar-refractivity contribution in [2.75, 3.05) is 0 Å². The van der Waals surface area contributed by atoms with Gasteiger partial charge in [0.25, 0.3) is 0 Å². The summed E-state index contributed by atoms with van der Waals surface area (Å²) in [5.41, 5.74) is 3.03. The summed E-state index contributed by atoms with van der Waals surface area (Å²) in [6.45, 7) is 3.93. The van der Waals surface area contributed by atoms with E-state index in [9.17, 15) is 4.79 Å². The lowest BCUT2D eigenvalue weighted by atomic mass is 9.92. The lowest BCUT2D eigenvalue weighted by Crippen LogP contribution is -2.29. The fourth-order valence-electron chi connectivity index (χ4n) is 3.89. The number of carbonyl (C=O) groups excluding carboxylic acids is 1. The Morgan fingerprint density at radius 2 is 1.58 bits per heavy atom. The number of hydrogen-bond donors (Lipinski definition) is 0. The van der Waals surface area contributed by atoms with Gasteiger partial charge in [0.15, 0.2) is 5.60 Å². The molecule has 3 aromatic carbocycles. The van der Waals surface area contributed by atoms with E-state index in [2.05, 4.69) is 4.98 Å². The third-order valence-corrected chi connectivity index (χ3v) is 5.90. The summed E-state index contributed by atoms with van der Waals surface area (Å²) in [4.78, 5) is 17.8. The second-order valence-corrected chi connectivity index (χ2v) is 8.90. The molecule has 0 saturated carbocycles. The van der Waals surface area contributed by atoms with E-state index in [4.69, 9.17) is 21.1 Å². The monoisotopic (exact) mass is 455 g/mol. The molecule has 1 aliphatic heterocycles. The van der Waals surface area contributed by atoms with E-state index in [1.807, 2.05) is 72.8 Å². The molecule has 5 heteroatoms. The maximum atomic E-state index is 13.1. The van der Waals surface area contributed by atoms with Gasteiger partial charge in [-0.2, -0.15) is 0 Å². The van der Waals surface area contributed by atoms with Crippen LogP contribution in [0.25, 0.3) is 22.2 Å². The van der Waals surface area contributed by atoms with Crippen molar-refractivity contribution in [2.45, 2.75) is 26.1 Å². The Morgan fingerprint density at radius 1 is 0.879 bits per heavy atom. The zero-order valence-corrected chi connectivity index (χ0v) is 19.1. The van der Waals surface area contributed by atoms with Crippen molar-refractivity contribution in [3.63, 3.8) is 0 Å². The molecule has 0 saturated heterocycles. The van der Waals surface area contributed by atoms with Crippen LogP contribution in [0.1, 0.15) is 30.7 Å². The molecule has 164 valence electrons. The predicted molar refractivity (Wildman–Crippen MR) is 131 cm³/mol. The summed E-state index contributed by atoms with van der Waals surface area (Å²) < 4.78 is 12.0. The molecule has 2 heterocycles. The van der Waals surface area contributed by atoms with Gasteiger partial charge in [-0.1, -0.05) is 48.0 Å². The molecule has 1 aromatic heterocycles. The minimum atomic E-state index is -0.929. The molecule has 0 radical (unpaired) electrons. The van der Waals surface area contributed by atoms with Crippen LogP contribution >= 0.6 is 11.6 Å². The average Bonchev–Trinajstić information content (AvgIpc) is 3.07. The van der Waals surface area contributed by atoms with Crippen LogP contribution in [0.4, 0.5) is 0 Å². The molecule has 0 bridgehead atoms. The standard InChI is InChI=1S/C28H22ClNO3/c1-28(2)27(31)25(26(33-28)20-7-12-21(29)13-8-20)19-10-15-23(16-11-19)32-17-22-14-9-18-5-3-4-6-24(18)30-22/h3-16H,17H2,1-2H3. The van der Waals surface area contributed by atoms with Gasteiger partial charge in [-0.05, 0) is 67.9 Å². The number of hydrogen-bond acceptors (Lipinski definition) is 4. The molecule has 0 fully saturated rings. The van der Waals surface area contributed by atoms with Crippen LogP contribution < -0.4 is 4.74 Å². The molecule has 0 N–H and O–H groups in total. The summed E-state index contributed by atoms with van der Waals surface area (Å²) in [6.07, 6.45) is 0. The highest BCUT2D eigenvalue weighted by atomic mass is 35.5. The normalized spacial score (nSPS) is 15.1. The number of pyridine rings is 1. The lowest BCUT2D eigenvalue weighted by molar-refractivity contribution is -0.125. The maximum Gasteiger partial charge on any atom is 0.210 e. The molecule has 0 aliphatic carbocycles. The quantitative estimate of drug-likeness (QED) is 0.335. The van der Waals surface area contributed by atoms with E-state index in [-0.39, 0.29) is 5.78 Å². The number of fused-ring (bicyclic) bond motifs is 1. The van der Waals surface area contributed by atoms with Gasteiger partial charge in [0.05, 0.1) is 16.8 Å². The summed E-state index contributed by atoms with van der Waals surface area (Å²) in [5.74, 6) is 1.21. The Kier molecular flexibility index (Phi) is 5.39. The zero-order valence-electron chi connectivity index (χ0n) is 18.3. The van der Waals surface area contributed by atoms with Crippen molar-refractivity contribution >= 4 is 39.6 Å². The topological polar surface area (TPSA) is 48.4 Å². The van der Waals surface area contributed by atoms with E-state index in [1.165, 1.54) is 0 Å². The van der Waals surface area contributed by atoms with Crippen LogP contribution in [0.15, 0.2) is 84.9 Å². The molecule has 33 heavy (non-hydrogen) atoms. The first-order valence-electron chi connectivity index (χ1n) is 10.7. The van der Waals surface area contributed by atoms with Crippen molar-refractivity contribution in [1.29, 1.82) is 0 Å². The molecular weight excluding hydrogens is 434 g/mol. The minimum Gasteiger partial charge on any atom is -0.487 e. The summed E-state index contributed by atoms with van der Waals surface area (Å²) in [6, 6.07) is 26.8. The molecule has 0 amide bonds. The first-order valence-corrected chi connectivity index (χ1v) is 11.1. The van der Waals surface area contributed by atoms with Gasteiger partial charge >= 0.3 is 0 Å². The van der Waals surface area contributed by atoms with E-state index >= 15 is 0 Å². The predicted octanol–water partition coefficient (Wildman–Crippen LogP) is 6.71. The Balaban J connectivity index is 1.39. The minimum absolute atomic E-state index is 0.0542. The van der Waals surface area contributed by atoms with Gasteiger partial charge in [-0.3, -0.25) is 4.79 Å². The number of Topliss-reactive ketones (excluding diaryl/α,β-unsaturated/α-hetero) is 1. The third-order valence-electron chi connectivity index (χ3n) is 5.65. The summed E-state index contributed by atoms with van der Waals surface area (Å²) in [7, 11) is 0. The van der Waals surface area contributed by atoms with Gasteiger partial charge in [0.1, 0.15) is 18.1 Å². The van der Waals surface area contributed by atoms with Crippen molar-refractivity contribution in [1.82, 2.24) is 4.98 Å². The van der Waals surface area contributed by atoms with Crippen LogP contribution in [-0.2, 0) is 16.1 Å².